The molecule has 0 aliphatic heterocycles. The Bertz CT molecular complexity index is 1130. The van der Waals surface area contributed by atoms with E-state index in [9.17, 15) is 4.79 Å². The van der Waals surface area contributed by atoms with Crippen LogP contribution in [0.5, 0.6) is 0 Å². The van der Waals surface area contributed by atoms with Crippen molar-refractivity contribution in [3.8, 4) is 5.95 Å². The molecule has 2 aromatic heterocycles. The van der Waals surface area contributed by atoms with Gasteiger partial charge in [0, 0.05) is 30.4 Å². The van der Waals surface area contributed by atoms with Gasteiger partial charge in [0.15, 0.2) is 0 Å². The molecule has 3 aromatic rings. The number of nitrogens with one attached hydrogen (secondary N) is 1. The van der Waals surface area contributed by atoms with Crippen LogP contribution in [0.2, 0.25) is 5.02 Å². The van der Waals surface area contributed by atoms with Gasteiger partial charge in [-0.1, -0.05) is 17.7 Å². The fourth-order valence-electron chi connectivity index (χ4n) is 6.98. The van der Waals surface area contributed by atoms with Gasteiger partial charge in [-0.15, -0.1) is 0 Å². The van der Waals surface area contributed by atoms with Gasteiger partial charge in [0.2, 0.25) is 11.9 Å². The number of hydrogen-bond acceptors (Lipinski definition) is 3. The molecular formula is C25H27ClN4O. The molecule has 1 N–H and O–H groups in total. The SMILES string of the molecule is O=C(CC12CCC3CC(CC(C3)C1)C2)Nc1cn(-c2ncccn2)c2cccc(Cl)c12. The highest BCUT2D eigenvalue weighted by molar-refractivity contribution is 6.36. The lowest BCUT2D eigenvalue weighted by Crippen LogP contribution is -2.36. The Kier molecular flexibility index (Phi) is 4.57. The van der Waals surface area contributed by atoms with Crippen LogP contribution in [0.1, 0.15) is 51.4 Å². The molecule has 1 aromatic carbocycles. The summed E-state index contributed by atoms with van der Waals surface area (Å²) in [6, 6.07) is 7.54. The number of halogens is 1. The zero-order valence-corrected chi connectivity index (χ0v) is 18.3. The lowest BCUT2D eigenvalue weighted by atomic mass is 9.60. The van der Waals surface area contributed by atoms with Crippen LogP contribution in [0, 0.1) is 23.2 Å². The van der Waals surface area contributed by atoms with Gasteiger partial charge in [-0.05, 0) is 86.3 Å². The molecule has 0 spiro atoms. The molecule has 2 atom stereocenters. The van der Waals surface area contributed by atoms with Crippen LogP contribution in [-0.4, -0.2) is 20.4 Å². The van der Waals surface area contributed by atoms with E-state index < -0.39 is 0 Å². The first kappa shape index (κ1) is 19.3. The summed E-state index contributed by atoms with van der Waals surface area (Å²) in [6.07, 6.45) is 15.1. The molecule has 7 rings (SSSR count). The van der Waals surface area contributed by atoms with Crippen molar-refractivity contribution < 1.29 is 4.79 Å². The molecule has 0 saturated heterocycles. The maximum atomic E-state index is 13.3. The monoisotopic (exact) mass is 434 g/mol. The lowest BCUT2D eigenvalue weighted by Gasteiger charge is -2.45. The average Bonchev–Trinajstić information content (AvgIpc) is 3.00. The van der Waals surface area contributed by atoms with Gasteiger partial charge in [0.25, 0.3) is 0 Å². The molecule has 4 saturated carbocycles. The summed E-state index contributed by atoms with van der Waals surface area (Å²) in [7, 11) is 0. The molecule has 4 aliphatic rings. The van der Waals surface area contributed by atoms with Crippen molar-refractivity contribution in [2.75, 3.05) is 5.32 Å². The van der Waals surface area contributed by atoms with Gasteiger partial charge < -0.3 is 5.32 Å². The van der Waals surface area contributed by atoms with Crippen molar-refractivity contribution >= 4 is 34.1 Å². The van der Waals surface area contributed by atoms with E-state index in [0.29, 0.717) is 17.4 Å². The number of nitrogens with zero attached hydrogens (tertiary/aromatic N) is 3. The number of aromatic nitrogens is 3. The van der Waals surface area contributed by atoms with Crippen LogP contribution in [-0.2, 0) is 4.79 Å². The van der Waals surface area contributed by atoms with E-state index in [0.717, 1.165) is 34.3 Å². The van der Waals surface area contributed by atoms with Crippen LogP contribution in [0.3, 0.4) is 0 Å². The number of fused-ring (bicyclic) bond motifs is 2. The van der Waals surface area contributed by atoms with E-state index in [-0.39, 0.29) is 11.3 Å². The second-order valence-electron chi connectivity index (χ2n) is 10.1. The van der Waals surface area contributed by atoms with E-state index >= 15 is 0 Å². The average molecular weight is 435 g/mol. The summed E-state index contributed by atoms with van der Waals surface area (Å²) >= 11 is 6.56. The number of rotatable bonds is 4. The maximum absolute atomic E-state index is 13.3. The first-order valence-corrected chi connectivity index (χ1v) is 11.8. The molecule has 4 fully saturated rings. The van der Waals surface area contributed by atoms with E-state index in [4.69, 9.17) is 11.6 Å². The van der Waals surface area contributed by atoms with Gasteiger partial charge in [0.1, 0.15) is 0 Å². The van der Waals surface area contributed by atoms with Crippen molar-refractivity contribution in [1.29, 1.82) is 0 Å². The van der Waals surface area contributed by atoms with Crippen LogP contribution in [0.4, 0.5) is 5.69 Å². The molecule has 6 heteroatoms. The normalized spacial score (nSPS) is 29.3. The number of anilines is 1. The predicted octanol–water partition coefficient (Wildman–Crippen LogP) is 6.01. The van der Waals surface area contributed by atoms with E-state index in [1.165, 1.54) is 44.9 Å². The fourth-order valence-corrected chi connectivity index (χ4v) is 7.25. The van der Waals surface area contributed by atoms with Crippen LogP contribution in [0.25, 0.3) is 16.9 Å². The Balaban J connectivity index is 1.31. The number of carbonyl (C=O) groups is 1. The second kappa shape index (κ2) is 7.33. The van der Waals surface area contributed by atoms with Crippen molar-refractivity contribution in [1.82, 2.24) is 14.5 Å². The van der Waals surface area contributed by atoms with Gasteiger partial charge >= 0.3 is 0 Å². The Hall–Kier alpha value is -2.40. The van der Waals surface area contributed by atoms with E-state index in [1.54, 1.807) is 18.5 Å². The molecule has 160 valence electrons. The van der Waals surface area contributed by atoms with Crippen LogP contribution in [0.15, 0.2) is 42.9 Å². The zero-order chi connectivity index (χ0) is 21.0. The highest BCUT2D eigenvalue weighted by atomic mass is 35.5. The smallest absolute Gasteiger partial charge is 0.234 e. The Morgan fingerprint density at radius 1 is 1.10 bits per heavy atom. The quantitative estimate of drug-likeness (QED) is 0.547. The minimum atomic E-state index is 0.104. The van der Waals surface area contributed by atoms with E-state index in [2.05, 4.69) is 15.3 Å². The first-order valence-electron chi connectivity index (χ1n) is 11.5. The largest absolute Gasteiger partial charge is 0.324 e. The number of amides is 1. The summed E-state index contributed by atoms with van der Waals surface area (Å²) in [4.78, 5) is 22.1. The second-order valence-corrected chi connectivity index (χ2v) is 10.5. The van der Waals surface area contributed by atoms with Gasteiger partial charge in [-0.3, -0.25) is 9.36 Å². The molecule has 2 heterocycles. The minimum Gasteiger partial charge on any atom is -0.324 e. The maximum Gasteiger partial charge on any atom is 0.234 e. The summed E-state index contributed by atoms with van der Waals surface area (Å²) in [5.41, 5.74) is 1.81. The van der Waals surface area contributed by atoms with Crippen molar-refractivity contribution in [2.24, 2.45) is 23.2 Å². The highest BCUT2D eigenvalue weighted by Crippen LogP contribution is 2.58. The number of benzene rings is 1. The predicted molar refractivity (Wildman–Crippen MR) is 122 cm³/mol. The Morgan fingerprint density at radius 2 is 1.84 bits per heavy atom. The molecule has 31 heavy (non-hydrogen) atoms. The third kappa shape index (κ3) is 3.43. The van der Waals surface area contributed by atoms with Gasteiger partial charge in [0.05, 0.1) is 16.2 Å². The summed E-state index contributed by atoms with van der Waals surface area (Å²) in [5.74, 6) is 3.23. The molecule has 1 amide bonds. The summed E-state index contributed by atoms with van der Waals surface area (Å²) < 4.78 is 1.90. The van der Waals surface area contributed by atoms with Gasteiger partial charge in [-0.2, -0.15) is 0 Å². The molecular weight excluding hydrogens is 408 g/mol. The first-order chi connectivity index (χ1) is 15.1. The van der Waals surface area contributed by atoms with E-state index in [1.807, 2.05) is 29.0 Å². The summed E-state index contributed by atoms with van der Waals surface area (Å²) in [6.45, 7) is 0. The third-order valence-corrected chi connectivity index (χ3v) is 8.20. The number of hydrogen-bond donors (Lipinski definition) is 1. The Morgan fingerprint density at radius 3 is 2.61 bits per heavy atom. The fraction of sp³-hybridized carbons (Fsp3) is 0.480. The molecule has 5 nitrogen and oxygen atoms in total. The highest BCUT2D eigenvalue weighted by Gasteiger charge is 2.48. The zero-order valence-electron chi connectivity index (χ0n) is 17.6. The molecule has 2 unspecified atom stereocenters. The van der Waals surface area contributed by atoms with Crippen molar-refractivity contribution in [3.63, 3.8) is 0 Å². The summed E-state index contributed by atoms with van der Waals surface area (Å²) in [5, 5.41) is 4.67. The van der Waals surface area contributed by atoms with Crippen molar-refractivity contribution in [2.45, 2.75) is 51.4 Å². The van der Waals surface area contributed by atoms with Crippen molar-refractivity contribution in [3.05, 3.63) is 47.9 Å². The molecule has 0 radical (unpaired) electrons. The van der Waals surface area contributed by atoms with Gasteiger partial charge in [-0.25, -0.2) is 9.97 Å². The third-order valence-electron chi connectivity index (χ3n) is 7.88. The van der Waals surface area contributed by atoms with Crippen LogP contribution < -0.4 is 5.32 Å². The minimum absolute atomic E-state index is 0.104. The topological polar surface area (TPSA) is 59.8 Å². The Labute approximate surface area is 187 Å². The standard InChI is InChI=1S/C25H27ClN4O/c26-19-3-1-4-21-23(19)20(15-30(21)24-27-7-2-8-28-24)29-22(31)14-25-6-5-16-9-17(12-25)11-18(10-16)13-25/h1-4,7-8,15-18H,5-6,9-14H2,(H,29,31). The van der Waals surface area contributed by atoms with Crippen LogP contribution >= 0.6 is 11.6 Å². The lowest BCUT2D eigenvalue weighted by molar-refractivity contribution is -0.119. The molecule has 4 bridgehead atoms. The molecule has 4 aliphatic carbocycles. The number of carbonyl (C=O) groups excluding carboxylic acids is 1.